The number of rotatable bonds is 6. The molecular formula is C25H27N7O4S. The first-order valence-corrected chi connectivity index (χ1v) is 13.2. The first-order chi connectivity index (χ1) is 18.2. The molecule has 4 aromatic rings. The SMILES string of the molecule is COc1ccc(-c2nc(C(=O)Nc3cc4sc(N5CCOCC5)nc4nc3N3CCCCC3)co2)nc1. The third-order valence-electron chi connectivity index (χ3n) is 6.46. The zero-order chi connectivity index (χ0) is 25.2. The van der Waals surface area contributed by atoms with E-state index in [4.69, 9.17) is 23.9 Å². The minimum absolute atomic E-state index is 0.163. The largest absolute Gasteiger partial charge is 0.495 e. The van der Waals surface area contributed by atoms with Gasteiger partial charge >= 0.3 is 0 Å². The van der Waals surface area contributed by atoms with Crippen molar-refractivity contribution in [2.75, 3.05) is 61.6 Å². The second-order valence-electron chi connectivity index (χ2n) is 8.90. The van der Waals surface area contributed by atoms with Crippen LogP contribution in [0.2, 0.25) is 0 Å². The van der Waals surface area contributed by atoms with Crippen molar-refractivity contribution < 1.29 is 18.7 Å². The van der Waals surface area contributed by atoms with Crippen molar-refractivity contribution in [1.29, 1.82) is 0 Å². The maximum absolute atomic E-state index is 13.2. The van der Waals surface area contributed by atoms with E-state index in [2.05, 4.69) is 25.1 Å². The molecule has 6 heterocycles. The van der Waals surface area contributed by atoms with Gasteiger partial charge in [-0.05, 0) is 37.5 Å². The number of anilines is 3. The average molecular weight is 522 g/mol. The van der Waals surface area contributed by atoms with E-state index in [-0.39, 0.29) is 17.5 Å². The zero-order valence-electron chi connectivity index (χ0n) is 20.5. The highest BCUT2D eigenvalue weighted by Gasteiger charge is 2.23. The number of amides is 1. The predicted molar refractivity (Wildman–Crippen MR) is 141 cm³/mol. The number of ether oxygens (including phenoxy) is 2. The van der Waals surface area contributed by atoms with Gasteiger partial charge in [0, 0.05) is 26.2 Å². The fraction of sp³-hybridized carbons (Fsp3) is 0.400. The first kappa shape index (κ1) is 23.6. The molecule has 1 N–H and O–H groups in total. The molecule has 2 saturated heterocycles. The van der Waals surface area contributed by atoms with E-state index in [1.165, 1.54) is 12.7 Å². The summed E-state index contributed by atoms with van der Waals surface area (Å²) in [5.41, 5.74) is 2.01. The van der Waals surface area contributed by atoms with Crippen molar-refractivity contribution in [2.45, 2.75) is 19.3 Å². The third-order valence-corrected chi connectivity index (χ3v) is 7.52. The van der Waals surface area contributed by atoms with Crippen molar-refractivity contribution in [2.24, 2.45) is 0 Å². The summed E-state index contributed by atoms with van der Waals surface area (Å²) in [6.07, 6.45) is 6.28. The summed E-state index contributed by atoms with van der Waals surface area (Å²) in [5.74, 6) is 1.25. The molecule has 0 spiro atoms. The Balaban J connectivity index is 1.29. The highest BCUT2D eigenvalue weighted by atomic mass is 32.1. The van der Waals surface area contributed by atoms with E-state index in [0.717, 1.165) is 54.7 Å². The van der Waals surface area contributed by atoms with Gasteiger partial charge in [0.05, 0.1) is 36.9 Å². The Morgan fingerprint density at radius 3 is 2.65 bits per heavy atom. The summed E-state index contributed by atoms with van der Waals surface area (Å²) in [7, 11) is 1.57. The number of thiazole rings is 1. The van der Waals surface area contributed by atoms with Crippen molar-refractivity contribution in [3.63, 3.8) is 0 Å². The summed E-state index contributed by atoms with van der Waals surface area (Å²) in [6.45, 7) is 4.77. The van der Waals surface area contributed by atoms with E-state index in [1.807, 2.05) is 6.07 Å². The summed E-state index contributed by atoms with van der Waals surface area (Å²) in [6, 6.07) is 5.46. The normalized spacial score (nSPS) is 16.2. The van der Waals surface area contributed by atoms with Crippen LogP contribution in [0.1, 0.15) is 29.8 Å². The molecule has 0 aliphatic carbocycles. The number of carbonyl (C=O) groups excluding carboxylic acids is 1. The molecule has 6 rings (SSSR count). The van der Waals surface area contributed by atoms with Crippen molar-refractivity contribution in [1.82, 2.24) is 19.9 Å². The quantitative estimate of drug-likeness (QED) is 0.401. The predicted octanol–water partition coefficient (Wildman–Crippen LogP) is 3.83. The Bertz CT molecular complexity index is 1390. The number of pyridine rings is 2. The number of hydrogen-bond acceptors (Lipinski definition) is 11. The second kappa shape index (κ2) is 10.3. The molecule has 2 aliphatic rings. The molecule has 0 bridgehead atoms. The zero-order valence-corrected chi connectivity index (χ0v) is 21.3. The number of piperidine rings is 1. The lowest BCUT2D eigenvalue weighted by atomic mass is 10.1. The molecule has 11 nitrogen and oxygen atoms in total. The van der Waals surface area contributed by atoms with Gasteiger partial charge in [-0.3, -0.25) is 4.79 Å². The maximum atomic E-state index is 13.2. The number of oxazole rings is 1. The Morgan fingerprint density at radius 1 is 1.05 bits per heavy atom. The molecule has 0 atom stereocenters. The Kier molecular flexibility index (Phi) is 6.58. The highest BCUT2D eigenvalue weighted by molar-refractivity contribution is 7.22. The van der Waals surface area contributed by atoms with Crippen molar-refractivity contribution in [3.05, 3.63) is 36.4 Å². The van der Waals surface area contributed by atoms with E-state index < -0.39 is 0 Å². The molecule has 37 heavy (non-hydrogen) atoms. The van der Waals surface area contributed by atoms with Gasteiger partial charge in [-0.25, -0.2) is 15.0 Å². The lowest BCUT2D eigenvalue weighted by molar-refractivity contribution is 0.102. The molecule has 12 heteroatoms. The van der Waals surface area contributed by atoms with Crippen LogP contribution in [-0.4, -0.2) is 72.3 Å². The van der Waals surface area contributed by atoms with Crippen LogP contribution in [0.4, 0.5) is 16.6 Å². The summed E-state index contributed by atoms with van der Waals surface area (Å²) in [4.78, 5) is 36.0. The summed E-state index contributed by atoms with van der Waals surface area (Å²) >= 11 is 1.57. The molecule has 2 aliphatic heterocycles. The van der Waals surface area contributed by atoms with Crippen LogP contribution in [0.25, 0.3) is 21.9 Å². The third kappa shape index (κ3) is 4.94. The van der Waals surface area contributed by atoms with Gasteiger partial charge in [0.25, 0.3) is 5.91 Å². The van der Waals surface area contributed by atoms with Gasteiger partial charge in [0.15, 0.2) is 22.3 Å². The monoisotopic (exact) mass is 521 g/mol. The number of aromatic nitrogens is 4. The number of fused-ring (bicyclic) bond motifs is 1. The van der Waals surface area contributed by atoms with Crippen molar-refractivity contribution in [3.8, 4) is 17.3 Å². The minimum Gasteiger partial charge on any atom is -0.495 e. The molecule has 2 fully saturated rings. The fourth-order valence-corrected chi connectivity index (χ4v) is 5.48. The van der Waals surface area contributed by atoms with Crippen LogP contribution in [-0.2, 0) is 4.74 Å². The van der Waals surface area contributed by atoms with Gasteiger partial charge in [-0.15, -0.1) is 0 Å². The standard InChI is InChI=1S/C25H27N7O4S/c1-34-16-5-6-17(26-14-16)24-28-19(15-36-24)23(33)27-18-13-20-21(29-22(18)31-7-3-2-4-8-31)30-25(37-20)32-9-11-35-12-10-32/h5-6,13-15H,2-4,7-12H2,1H3,(H,27,33). The number of nitrogens with one attached hydrogen (secondary N) is 1. The second-order valence-corrected chi connectivity index (χ2v) is 9.91. The molecular weight excluding hydrogens is 494 g/mol. The number of methoxy groups -OCH3 is 1. The molecule has 0 radical (unpaired) electrons. The van der Waals surface area contributed by atoms with Crippen LogP contribution in [0.5, 0.6) is 5.75 Å². The molecule has 0 aromatic carbocycles. The van der Waals surface area contributed by atoms with Gasteiger partial charge in [-0.2, -0.15) is 4.98 Å². The molecule has 0 saturated carbocycles. The average Bonchev–Trinajstić information content (AvgIpc) is 3.61. The van der Waals surface area contributed by atoms with E-state index >= 15 is 0 Å². The minimum atomic E-state index is -0.374. The molecule has 0 unspecified atom stereocenters. The first-order valence-electron chi connectivity index (χ1n) is 12.3. The van der Waals surface area contributed by atoms with Gasteiger partial charge < -0.3 is 29.0 Å². The smallest absolute Gasteiger partial charge is 0.277 e. The Labute approximate surface area is 217 Å². The highest BCUT2D eigenvalue weighted by Crippen LogP contribution is 2.35. The molecule has 4 aromatic heterocycles. The number of nitrogens with zero attached hydrogens (tertiary/aromatic N) is 6. The summed E-state index contributed by atoms with van der Waals surface area (Å²) in [5, 5.41) is 3.95. The Hall–Kier alpha value is -3.77. The van der Waals surface area contributed by atoms with Crippen LogP contribution in [0, 0.1) is 0 Å². The number of morpholine rings is 1. The topological polar surface area (TPSA) is 119 Å². The maximum Gasteiger partial charge on any atom is 0.277 e. The molecule has 1 amide bonds. The van der Waals surface area contributed by atoms with Gasteiger partial charge in [0.1, 0.15) is 17.7 Å². The van der Waals surface area contributed by atoms with E-state index in [9.17, 15) is 4.79 Å². The summed E-state index contributed by atoms with van der Waals surface area (Å²) < 4.78 is 17.1. The van der Waals surface area contributed by atoms with E-state index in [0.29, 0.717) is 36.0 Å². The van der Waals surface area contributed by atoms with Crippen LogP contribution in [0.15, 0.2) is 35.1 Å². The molecule has 192 valence electrons. The number of carbonyl (C=O) groups is 1. The van der Waals surface area contributed by atoms with Gasteiger partial charge in [0.2, 0.25) is 5.89 Å². The van der Waals surface area contributed by atoms with Gasteiger partial charge in [-0.1, -0.05) is 11.3 Å². The number of hydrogen-bond donors (Lipinski definition) is 1. The lowest BCUT2D eigenvalue weighted by Gasteiger charge is -2.29. The van der Waals surface area contributed by atoms with Crippen LogP contribution < -0.4 is 19.9 Å². The Morgan fingerprint density at radius 2 is 1.89 bits per heavy atom. The van der Waals surface area contributed by atoms with Crippen LogP contribution >= 0.6 is 11.3 Å². The van der Waals surface area contributed by atoms with Crippen LogP contribution in [0.3, 0.4) is 0 Å². The van der Waals surface area contributed by atoms with Crippen molar-refractivity contribution >= 4 is 44.2 Å². The fourth-order valence-electron chi connectivity index (χ4n) is 4.48. The lowest BCUT2D eigenvalue weighted by Crippen LogP contribution is -2.36. The van der Waals surface area contributed by atoms with E-state index in [1.54, 1.807) is 36.8 Å².